The number of hydrogen-bond donors (Lipinski definition) is 2. The molecule has 0 aliphatic carbocycles. The number of methoxy groups -OCH3 is 1. The molecule has 1 heterocycles. The zero-order valence-electron chi connectivity index (χ0n) is 15.6. The number of alkyl halides is 3. The molecular formula is C18H24F3N5O. The predicted molar refractivity (Wildman–Crippen MR) is 97.7 cm³/mol. The van der Waals surface area contributed by atoms with Crippen LogP contribution in [0.5, 0.6) is 5.75 Å². The van der Waals surface area contributed by atoms with Crippen molar-refractivity contribution in [3.63, 3.8) is 0 Å². The van der Waals surface area contributed by atoms with Gasteiger partial charge in [-0.3, -0.25) is 4.68 Å². The highest BCUT2D eigenvalue weighted by atomic mass is 19.4. The van der Waals surface area contributed by atoms with Crippen LogP contribution in [0, 0.1) is 0 Å². The second-order valence-electron chi connectivity index (χ2n) is 5.89. The number of rotatable bonds is 7. The number of benzene rings is 1. The molecule has 0 saturated carbocycles. The van der Waals surface area contributed by atoms with Gasteiger partial charge in [0.15, 0.2) is 11.7 Å². The summed E-state index contributed by atoms with van der Waals surface area (Å²) in [5, 5.41) is 9.66. The number of nitrogens with one attached hydrogen (secondary N) is 2. The summed E-state index contributed by atoms with van der Waals surface area (Å²) in [5.74, 6) is 1.25. The summed E-state index contributed by atoms with van der Waals surface area (Å²) in [4.78, 5) is 4.25. The van der Waals surface area contributed by atoms with E-state index in [2.05, 4.69) is 20.7 Å². The van der Waals surface area contributed by atoms with Gasteiger partial charge >= 0.3 is 6.18 Å². The van der Waals surface area contributed by atoms with Crippen molar-refractivity contribution in [2.45, 2.75) is 26.1 Å². The third-order valence-corrected chi connectivity index (χ3v) is 3.79. The first-order chi connectivity index (χ1) is 12.8. The molecule has 1 aromatic heterocycles. The number of aliphatic imine (C=N–C) groups is 1. The van der Waals surface area contributed by atoms with Crippen molar-refractivity contribution >= 4 is 5.96 Å². The highest BCUT2D eigenvalue weighted by Gasteiger charge is 2.36. The number of hydrogen-bond acceptors (Lipinski definition) is 3. The Bertz CT molecular complexity index is 753. The van der Waals surface area contributed by atoms with E-state index in [1.54, 1.807) is 7.11 Å². The number of guanidine groups is 1. The zero-order chi connectivity index (χ0) is 19.9. The highest BCUT2D eigenvalue weighted by Crippen LogP contribution is 2.30. The average molecular weight is 383 g/mol. The van der Waals surface area contributed by atoms with Crippen LogP contribution in [0.3, 0.4) is 0 Å². The normalized spacial score (nSPS) is 12.1. The van der Waals surface area contributed by atoms with Gasteiger partial charge in [-0.1, -0.05) is 12.1 Å². The molecule has 0 amide bonds. The number of halogens is 3. The topological polar surface area (TPSA) is 63.5 Å². The van der Waals surface area contributed by atoms with E-state index in [0.717, 1.165) is 22.4 Å². The van der Waals surface area contributed by atoms with Crippen LogP contribution in [-0.4, -0.2) is 35.9 Å². The maximum Gasteiger partial charge on any atom is 0.435 e. The van der Waals surface area contributed by atoms with Gasteiger partial charge in [-0.15, -0.1) is 0 Å². The van der Waals surface area contributed by atoms with E-state index in [0.29, 0.717) is 19.0 Å². The first-order valence-corrected chi connectivity index (χ1v) is 8.58. The van der Waals surface area contributed by atoms with Crippen molar-refractivity contribution in [3.8, 4) is 5.75 Å². The Labute approximate surface area is 156 Å². The van der Waals surface area contributed by atoms with Crippen LogP contribution in [0.15, 0.2) is 35.5 Å². The fourth-order valence-electron chi connectivity index (χ4n) is 2.52. The van der Waals surface area contributed by atoms with E-state index in [1.807, 2.05) is 31.2 Å². The molecule has 0 radical (unpaired) electrons. The third kappa shape index (κ3) is 6.19. The Morgan fingerprint density at radius 1 is 1.22 bits per heavy atom. The molecule has 9 heteroatoms. The van der Waals surface area contributed by atoms with Crippen LogP contribution >= 0.6 is 0 Å². The molecule has 6 nitrogen and oxygen atoms in total. The molecule has 0 unspecified atom stereocenters. The summed E-state index contributed by atoms with van der Waals surface area (Å²) in [6, 6.07) is 7.71. The minimum atomic E-state index is -4.49. The van der Waals surface area contributed by atoms with E-state index in [-0.39, 0.29) is 12.1 Å². The van der Waals surface area contributed by atoms with Gasteiger partial charge in [0, 0.05) is 31.9 Å². The van der Waals surface area contributed by atoms with Gasteiger partial charge in [0.1, 0.15) is 5.75 Å². The lowest BCUT2D eigenvalue weighted by atomic mass is 10.1. The van der Waals surface area contributed by atoms with Crippen molar-refractivity contribution in [2.75, 3.05) is 20.2 Å². The van der Waals surface area contributed by atoms with Crippen molar-refractivity contribution in [2.24, 2.45) is 12.0 Å². The SMILES string of the molecule is CCNC(=NCc1cn(C)nc1C(F)(F)F)NCCc1ccc(OC)cc1. The van der Waals surface area contributed by atoms with Gasteiger partial charge in [0.05, 0.1) is 13.7 Å². The van der Waals surface area contributed by atoms with Gasteiger partial charge < -0.3 is 15.4 Å². The van der Waals surface area contributed by atoms with Gasteiger partial charge in [-0.05, 0) is 31.0 Å². The molecule has 2 N–H and O–H groups in total. The van der Waals surface area contributed by atoms with Crippen LogP contribution in [0.4, 0.5) is 13.2 Å². The van der Waals surface area contributed by atoms with Gasteiger partial charge in [0.2, 0.25) is 0 Å². The second kappa shape index (κ2) is 9.29. The Morgan fingerprint density at radius 3 is 2.52 bits per heavy atom. The van der Waals surface area contributed by atoms with Crippen LogP contribution in [-0.2, 0) is 26.2 Å². The lowest BCUT2D eigenvalue weighted by Crippen LogP contribution is -2.38. The Hall–Kier alpha value is -2.71. The maximum atomic E-state index is 13.0. The smallest absolute Gasteiger partial charge is 0.435 e. The number of ether oxygens (including phenoxy) is 1. The number of aryl methyl sites for hydroxylation is 1. The Kier molecular flexibility index (Phi) is 7.09. The molecule has 2 rings (SSSR count). The second-order valence-corrected chi connectivity index (χ2v) is 5.89. The molecule has 0 aliphatic heterocycles. The van der Waals surface area contributed by atoms with E-state index >= 15 is 0 Å². The molecule has 1 aromatic carbocycles. The molecule has 0 saturated heterocycles. The summed E-state index contributed by atoms with van der Waals surface area (Å²) in [6.07, 6.45) is -2.41. The van der Waals surface area contributed by atoms with Crippen molar-refractivity contribution in [1.29, 1.82) is 0 Å². The third-order valence-electron chi connectivity index (χ3n) is 3.79. The standard InChI is InChI=1S/C18H24F3N5O/c1-4-22-17(23-10-9-13-5-7-15(27-3)8-6-13)24-11-14-12-26(2)25-16(14)18(19,20)21/h5-8,12H,4,9-11H2,1-3H3,(H2,22,23,24). The van der Waals surface area contributed by atoms with Gasteiger partial charge in [0.25, 0.3) is 0 Å². The molecule has 0 atom stereocenters. The predicted octanol–water partition coefficient (Wildman–Crippen LogP) is 2.75. The largest absolute Gasteiger partial charge is 0.497 e. The summed E-state index contributed by atoms with van der Waals surface area (Å²) in [7, 11) is 3.07. The first-order valence-electron chi connectivity index (χ1n) is 8.58. The average Bonchev–Trinajstić information content (AvgIpc) is 3.01. The summed E-state index contributed by atoms with van der Waals surface area (Å²) >= 11 is 0. The summed E-state index contributed by atoms with van der Waals surface area (Å²) in [6.45, 7) is 2.98. The van der Waals surface area contributed by atoms with Crippen molar-refractivity contribution in [1.82, 2.24) is 20.4 Å². The molecule has 148 valence electrons. The van der Waals surface area contributed by atoms with Crippen molar-refractivity contribution in [3.05, 3.63) is 47.3 Å². The van der Waals surface area contributed by atoms with Crippen LogP contribution in [0.1, 0.15) is 23.7 Å². The first kappa shape index (κ1) is 20.6. The van der Waals surface area contributed by atoms with E-state index in [1.165, 1.54) is 13.2 Å². The molecule has 0 aliphatic rings. The lowest BCUT2D eigenvalue weighted by Gasteiger charge is -2.12. The molecule has 0 fully saturated rings. The minimum absolute atomic E-state index is 0.0392. The summed E-state index contributed by atoms with van der Waals surface area (Å²) < 4.78 is 45.3. The number of aromatic nitrogens is 2. The van der Waals surface area contributed by atoms with Crippen LogP contribution in [0.25, 0.3) is 0 Å². The molecule has 0 bridgehead atoms. The molecule has 27 heavy (non-hydrogen) atoms. The fraction of sp³-hybridized carbons (Fsp3) is 0.444. The quantitative estimate of drug-likeness (QED) is 0.570. The van der Waals surface area contributed by atoms with Crippen molar-refractivity contribution < 1.29 is 17.9 Å². The maximum absolute atomic E-state index is 13.0. The molecule has 2 aromatic rings. The molecule has 0 spiro atoms. The van der Waals surface area contributed by atoms with Crippen LogP contribution in [0.2, 0.25) is 0 Å². The highest BCUT2D eigenvalue weighted by molar-refractivity contribution is 5.79. The summed E-state index contributed by atoms with van der Waals surface area (Å²) in [5.41, 5.74) is 0.256. The van der Waals surface area contributed by atoms with E-state index in [4.69, 9.17) is 4.74 Å². The Balaban J connectivity index is 1.98. The number of nitrogens with zero attached hydrogens (tertiary/aromatic N) is 3. The van der Waals surface area contributed by atoms with E-state index < -0.39 is 11.9 Å². The van der Waals surface area contributed by atoms with Crippen LogP contribution < -0.4 is 15.4 Å². The monoisotopic (exact) mass is 383 g/mol. The zero-order valence-corrected chi connectivity index (χ0v) is 15.6. The minimum Gasteiger partial charge on any atom is -0.497 e. The Morgan fingerprint density at radius 2 is 1.93 bits per heavy atom. The molecular weight excluding hydrogens is 359 g/mol. The van der Waals surface area contributed by atoms with Gasteiger partial charge in [-0.25, -0.2) is 4.99 Å². The van der Waals surface area contributed by atoms with E-state index in [9.17, 15) is 13.2 Å². The lowest BCUT2D eigenvalue weighted by molar-refractivity contribution is -0.142. The fourth-order valence-corrected chi connectivity index (χ4v) is 2.52. The van der Waals surface area contributed by atoms with Gasteiger partial charge in [-0.2, -0.15) is 18.3 Å².